The molecule has 66 valence electrons. The molecule has 0 bridgehead atoms. The molecule has 0 saturated carbocycles. The number of rotatable bonds is 7. The van der Waals surface area contributed by atoms with Gasteiger partial charge in [-0.3, -0.25) is 0 Å². The zero-order valence-corrected chi connectivity index (χ0v) is 7.60. The molecule has 0 heterocycles. The highest BCUT2D eigenvalue weighted by Gasteiger charge is 2.03. The summed E-state index contributed by atoms with van der Waals surface area (Å²) >= 11 is 0. The SMILES string of the molecule is C=CCNC(CCC)COC. The van der Waals surface area contributed by atoms with Crippen LogP contribution in [-0.4, -0.2) is 26.3 Å². The highest BCUT2D eigenvalue weighted by atomic mass is 16.5. The molecule has 0 rings (SSSR count). The van der Waals surface area contributed by atoms with E-state index in [2.05, 4.69) is 18.8 Å². The van der Waals surface area contributed by atoms with Crippen molar-refractivity contribution < 1.29 is 4.74 Å². The molecule has 0 aromatic carbocycles. The first-order valence-electron chi connectivity index (χ1n) is 4.18. The van der Waals surface area contributed by atoms with E-state index < -0.39 is 0 Å². The van der Waals surface area contributed by atoms with E-state index >= 15 is 0 Å². The third-order valence-corrected chi connectivity index (χ3v) is 1.56. The van der Waals surface area contributed by atoms with Crippen LogP contribution in [0.4, 0.5) is 0 Å². The van der Waals surface area contributed by atoms with Gasteiger partial charge in [0.25, 0.3) is 0 Å². The lowest BCUT2D eigenvalue weighted by Gasteiger charge is -2.15. The molecule has 1 N–H and O–H groups in total. The minimum Gasteiger partial charge on any atom is -0.383 e. The van der Waals surface area contributed by atoms with E-state index in [1.165, 1.54) is 12.8 Å². The number of hydrogen-bond acceptors (Lipinski definition) is 2. The predicted molar refractivity (Wildman–Crippen MR) is 48.8 cm³/mol. The van der Waals surface area contributed by atoms with E-state index in [0.29, 0.717) is 6.04 Å². The molecule has 0 aromatic rings. The number of nitrogens with one attached hydrogen (secondary N) is 1. The maximum Gasteiger partial charge on any atom is 0.0615 e. The molecule has 0 aliphatic heterocycles. The summed E-state index contributed by atoms with van der Waals surface area (Å²) in [6.45, 7) is 7.49. The maximum atomic E-state index is 5.06. The molecular weight excluding hydrogens is 138 g/mol. The van der Waals surface area contributed by atoms with E-state index in [-0.39, 0.29) is 0 Å². The standard InChI is InChI=1S/C9H19NO/c1-4-6-9(8-11-3)10-7-5-2/h5,9-10H,2,4,6-8H2,1,3H3. The van der Waals surface area contributed by atoms with Crippen molar-refractivity contribution in [2.24, 2.45) is 0 Å². The van der Waals surface area contributed by atoms with Gasteiger partial charge in [0.2, 0.25) is 0 Å². The molecule has 0 saturated heterocycles. The third kappa shape index (κ3) is 6.07. The minimum absolute atomic E-state index is 0.489. The van der Waals surface area contributed by atoms with Crippen molar-refractivity contribution in [3.8, 4) is 0 Å². The Morgan fingerprint density at radius 3 is 2.82 bits per heavy atom. The van der Waals surface area contributed by atoms with Gasteiger partial charge >= 0.3 is 0 Å². The molecule has 0 amide bonds. The highest BCUT2D eigenvalue weighted by Crippen LogP contribution is 1.96. The van der Waals surface area contributed by atoms with Crippen LogP contribution in [0.25, 0.3) is 0 Å². The second-order valence-electron chi connectivity index (χ2n) is 2.64. The van der Waals surface area contributed by atoms with Crippen molar-refractivity contribution in [1.82, 2.24) is 5.32 Å². The first-order valence-corrected chi connectivity index (χ1v) is 4.18. The fourth-order valence-corrected chi connectivity index (χ4v) is 1.04. The zero-order valence-electron chi connectivity index (χ0n) is 7.60. The Kier molecular flexibility index (Phi) is 7.52. The summed E-state index contributed by atoms with van der Waals surface area (Å²) in [6.07, 6.45) is 4.23. The molecule has 2 nitrogen and oxygen atoms in total. The Bertz CT molecular complexity index is 87.6. The molecule has 0 spiro atoms. The molecule has 0 fully saturated rings. The van der Waals surface area contributed by atoms with E-state index in [4.69, 9.17) is 4.74 Å². The van der Waals surface area contributed by atoms with Crippen LogP contribution in [0.3, 0.4) is 0 Å². The van der Waals surface area contributed by atoms with Crippen LogP contribution in [0.5, 0.6) is 0 Å². The molecule has 0 aliphatic rings. The van der Waals surface area contributed by atoms with Crippen LogP contribution in [0.2, 0.25) is 0 Å². The van der Waals surface area contributed by atoms with E-state index in [0.717, 1.165) is 13.2 Å². The minimum atomic E-state index is 0.489. The van der Waals surface area contributed by atoms with Gasteiger partial charge in [-0.25, -0.2) is 0 Å². The fraction of sp³-hybridized carbons (Fsp3) is 0.778. The van der Waals surface area contributed by atoms with Crippen LogP contribution < -0.4 is 5.32 Å². The Morgan fingerprint density at radius 1 is 1.64 bits per heavy atom. The first kappa shape index (κ1) is 10.7. The van der Waals surface area contributed by atoms with Crippen LogP contribution in [0.1, 0.15) is 19.8 Å². The molecule has 0 radical (unpaired) electrons. The molecule has 2 heteroatoms. The predicted octanol–water partition coefficient (Wildman–Crippen LogP) is 1.58. The van der Waals surface area contributed by atoms with Crippen LogP contribution >= 0.6 is 0 Å². The summed E-state index contributed by atoms with van der Waals surface area (Å²) in [6, 6.07) is 0.489. The molecule has 0 aliphatic carbocycles. The van der Waals surface area contributed by atoms with E-state index in [1.807, 2.05) is 6.08 Å². The van der Waals surface area contributed by atoms with Crippen molar-refractivity contribution in [3.63, 3.8) is 0 Å². The van der Waals surface area contributed by atoms with Crippen LogP contribution in [0.15, 0.2) is 12.7 Å². The summed E-state index contributed by atoms with van der Waals surface area (Å²) in [5, 5.41) is 3.33. The van der Waals surface area contributed by atoms with Gasteiger partial charge < -0.3 is 10.1 Å². The average Bonchev–Trinajstić information content (AvgIpc) is 2.01. The third-order valence-electron chi connectivity index (χ3n) is 1.56. The smallest absolute Gasteiger partial charge is 0.0615 e. The highest BCUT2D eigenvalue weighted by molar-refractivity contribution is 4.74. The monoisotopic (exact) mass is 157 g/mol. The summed E-state index contributed by atoms with van der Waals surface area (Å²) in [7, 11) is 1.73. The summed E-state index contributed by atoms with van der Waals surface area (Å²) in [4.78, 5) is 0. The topological polar surface area (TPSA) is 21.3 Å². The van der Waals surface area contributed by atoms with Gasteiger partial charge in [-0.1, -0.05) is 19.4 Å². The van der Waals surface area contributed by atoms with Crippen LogP contribution in [0, 0.1) is 0 Å². The normalized spacial score (nSPS) is 12.9. The molecule has 1 atom stereocenters. The summed E-state index contributed by atoms with van der Waals surface area (Å²) in [5.41, 5.74) is 0. The maximum absolute atomic E-state index is 5.06. The van der Waals surface area contributed by atoms with Crippen molar-refractivity contribution in [2.75, 3.05) is 20.3 Å². The Hall–Kier alpha value is -0.340. The second kappa shape index (κ2) is 7.76. The van der Waals surface area contributed by atoms with Crippen molar-refractivity contribution in [1.29, 1.82) is 0 Å². The van der Waals surface area contributed by atoms with Gasteiger partial charge in [0.1, 0.15) is 0 Å². The number of ether oxygens (including phenoxy) is 1. The van der Waals surface area contributed by atoms with E-state index in [1.54, 1.807) is 7.11 Å². The van der Waals surface area contributed by atoms with Crippen molar-refractivity contribution in [2.45, 2.75) is 25.8 Å². The van der Waals surface area contributed by atoms with Crippen LogP contribution in [-0.2, 0) is 4.74 Å². The first-order chi connectivity index (χ1) is 5.35. The quantitative estimate of drug-likeness (QED) is 0.566. The van der Waals surface area contributed by atoms with Crippen molar-refractivity contribution in [3.05, 3.63) is 12.7 Å². The average molecular weight is 157 g/mol. The summed E-state index contributed by atoms with van der Waals surface area (Å²) < 4.78 is 5.06. The zero-order chi connectivity index (χ0) is 8.53. The Labute approximate surface area is 69.6 Å². The second-order valence-corrected chi connectivity index (χ2v) is 2.64. The summed E-state index contributed by atoms with van der Waals surface area (Å²) in [5.74, 6) is 0. The van der Waals surface area contributed by atoms with Gasteiger partial charge in [-0.15, -0.1) is 6.58 Å². The van der Waals surface area contributed by atoms with Gasteiger partial charge in [0.15, 0.2) is 0 Å². The lowest BCUT2D eigenvalue weighted by atomic mass is 10.2. The van der Waals surface area contributed by atoms with Gasteiger partial charge in [0.05, 0.1) is 6.61 Å². The molecule has 1 unspecified atom stereocenters. The van der Waals surface area contributed by atoms with Gasteiger partial charge in [-0.2, -0.15) is 0 Å². The Morgan fingerprint density at radius 2 is 2.36 bits per heavy atom. The number of hydrogen-bond donors (Lipinski definition) is 1. The lowest BCUT2D eigenvalue weighted by molar-refractivity contribution is 0.164. The molecular formula is C9H19NO. The Balaban J connectivity index is 3.41. The van der Waals surface area contributed by atoms with Gasteiger partial charge in [-0.05, 0) is 6.42 Å². The van der Waals surface area contributed by atoms with Gasteiger partial charge in [0, 0.05) is 19.7 Å². The molecule has 0 aromatic heterocycles. The fourth-order valence-electron chi connectivity index (χ4n) is 1.04. The van der Waals surface area contributed by atoms with E-state index in [9.17, 15) is 0 Å². The largest absolute Gasteiger partial charge is 0.383 e. The molecule has 11 heavy (non-hydrogen) atoms. The lowest BCUT2D eigenvalue weighted by Crippen LogP contribution is -2.33. The van der Waals surface area contributed by atoms with Crippen molar-refractivity contribution >= 4 is 0 Å². The number of methoxy groups -OCH3 is 1.